The van der Waals surface area contributed by atoms with Crippen LogP contribution in [0.25, 0.3) is 0 Å². The minimum Gasteiger partial charge on any atom is -0.393 e. The molecule has 1 atom stereocenters. The van der Waals surface area contributed by atoms with E-state index >= 15 is 0 Å². The van der Waals surface area contributed by atoms with E-state index in [0.29, 0.717) is 11.3 Å². The SMILES string of the molecule is CC1CCC(C(O)CC23CC4CC(CC(C4)C2)C3)CC1. The van der Waals surface area contributed by atoms with Crippen LogP contribution in [-0.2, 0) is 0 Å². The molecule has 5 rings (SSSR count). The van der Waals surface area contributed by atoms with Gasteiger partial charge in [0.05, 0.1) is 6.10 Å². The lowest BCUT2D eigenvalue weighted by Crippen LogP contribution is -2.48. The number of aliphatic hydroxyl groups excluding tert-OH is 1. The standard InChI is InChI=1S/C19H32O/c1-13-2-4-17(5-3-13)18(20)12-19-9-14-6-15(10-19)8-16(7-14)11-19/h13-18,20H,2-12H2,1H3. The molecule has 0 spiro atoms. The van der Waals surface area contributed by atoms with Crippen LogP contribution in [0.15, 0.2) is 0 Å². The van der Waals surface area contributed by atoms with E-state index in [2.05, 4.69) is 6.92 Å². The smallest absolute Gasteiger partial charge is 0.0573 e. The van der Waals surface area contributed by atoms with Gasteiger partial charge in [-0.15, -0.1) is 0 Å². The van der Waals surface area contributed by atoms with Gasteiger partial charge in [-0.3, -0.25) is 0 Å². The van der Waals surface area contributed by atoms with Crippen molar-refractivity contribution >= 4 is 0 Å². The normalized spacial score (nSPS) is 52.2. The molecule has 0 amide bonds. The molecule has 5 aliphatic rings. The Hall–Kier alpha value is -0.0400. The highest BCUT2D eigenvalue weighted by atomic mass is 16.3. The summed E-state index contributed by atoms with van der Waals surface area (Å²) in [6.07, 6.45) is 15.4. The van der Waals surface area contributed by atoms with Crippen molar-refractivity contribution in [3.63, 3.8) is 0 Å². The molecular weight excluding hydrogens is 244 g/mol. The van der Waals surface area contributed by atoms with Gasteiger partial charge in [-0.25, -0.2) is 0 Å². The van der Waals surface area contributed by atoms with Crippen LogP contribution >= 0.6 is 0 Å². The molecule has 0 aliphatic heterocycles. The van der Waals surface area contributed by atoms with Gasteiger partial charge >= 0.3 is 0 Å². The topological polar surface area (TPSA) is 20.2 Å². The summed E-state index contributed by atoms with van der Waals surface area (Å²) in [6.45, 7) is 2.38. The molecule has 5 aliphatic carbocycles. The van der Waals surface area contributed by atoms with Crippen LogP contribution in [0.3, 0.4) is 0 Å². The summed E-state index contributed by atoms with van der Waals surface area (Å²) >= 11 is 0. The molecule has 0 saturated heterocycles. The zero-order valence-corrected chi connectivity index (χ0v) is 13.2. The molecule has 0 heterocycles. The molecule has 0 aromatic carbocycles. The van der Waals surface area contributed by atoms with Gasteiger partial charge in [0.1, 0.15) is 0 Å². The molecule has 1 heteroatoms. The molecule has 1 unspecified atom stereocenters. The van der Waals surface area contributed by atoms with Gasteiger partial charge in [-0.05, 0) is 92.8 Å². The molecule has 114 valence electrons. The molecule has 0 aromatic rings. The van der Waals surface area contributed by atoms with Crippen LogP contribution in [0.5, 0.6) is 0 Å². The summed E-state index contributed by atoms with van der Waals surface area (Å²) in [6, 6.07) is 0. The summed E-state index contributed by atoms with van der Waals surface area (Å²) in [7, 11) is 0. The van der Waals surface area contributed by atoms with E-state index in [0.717, 1.165) is 30.1 Å². The molecule has 5 saturated carbocycles. The molecule has 20 heavy (non-hydrogen) atoms. The Morgan fingerprint density at radius 1 is 0.900 bits per heavy atom. The number of aliphatic hydroxyl groups is 1. The molecular formula is C19H32O. The summed E-state index contributed by atoms with van der Waals surface area (Å²) in [5.74, 6) is 4.61. The highest BCUT2D eigenvalue weighted by Gasteiger charge is 2.51. The second-order valence-electron chi connectivity index (χ2n) is 9.21. The highest BCUT2D eigenvalue weighted by Crippen LogP contribution is 2.62. The third kappa shape index (κ3) is 2.45. The fourth-order valence-electron chi connectivity index (χ4n) is 6.82. The zero-order valence-electron chi connectivity index (χ0n) is 13.2. The Kier molecular flexibility index (Phi) is 3.41. The first kappa shape index (κ1) is 13.6. The van der Waals surface area contributed by atoms with E-state index in [1.165, 1.54) is 64.2 Å². The molecule has 4 bridgehead atoms. The first-order valence-corrected chi connectivity index (χ1v) is 9.30. The maximum atomic E-state index is 10.8. The van der Waals surface area contributed by atoms with Crippen LogP contribution in [0.2, 0.25) is 0 Å². The maximum Gasteiger partial charge on any atom is 0.0573 e. The summed E-state index contributed by atoms with van der Waals surface area (Å²) < 4.78 is 0. The average molecular weight is 276 g/mol. The Morgan fingerprint density at radius 3 is 1.90 bits per heavy atom. The molecule has 1 N–H and O–H groups in total. The molecule has 0 radical (unpaired) electrons. The van der Waals surface area contributed by atoms with E-state index in [1.807, 2.05) is 0 Å². The van der Waals surface area contributed by atoms with Gasteiger partial charge in [0.15, 0.2) is 0 Å². The van der Waals surface area contributed by atoms with Crippen molar-refractivity contribution in [2.24, 2.45) is 35.0 Å². The lowest BCUT2D eigenvalue weighted by molar-refractivity contribution is -0.0861. The molecule has 5 fully saturated rings. The van der Waals surface area contributed by atoms with Crippen LogP contribution in [0.1, 0.15) is 77.6 Å². The van der Waals surface area contributed by atoms with E-state index in [4.69, 9.17) is 0 Å². The first-order chi connectivity index (χ1) is 9.62. The second kappa shape index (κ2) is 5.00. The van der Waals surface area contributed by atoms with Crippen molar-refractivity contribution < 1.29 is 5.11 Å². The monoisotopic (exact) mass is 276 g/mol. The van der Waals surface area contributed by atoms with E-state index < -0.39 is 0 Å². The predicted octanol–water partition coefficient (Wildman–Crippen LogP) is 4.78. The van der Waals surface area contributed by atoms with E-state index in [-0.39, 0.29) is 6.10 Å². The van der Waals surface area contributed by atoms with Crippen molar-refractivity contribution in [1.29, 1.82) is 0 Å². The quantitative estimate of drug-likeness (QED) is 0.786. The summed E-state index contributed by atoms with van der Waals surface area (Å²) in [5.41, 5.74) is 0.567. The maximum absolute atomic E-state index is 10.8. The van der Waals surface area contributed by atoms with Crippen LogP contribution < -0.4 is 0 Å². The van der Waals surface area contributed by atoms with E-state index in [9.17, 15) is 5.11 Å². The molecule has 0 aromatic heterocycles. The number of rotatable bonds is 3. The zero-order chi connectivity index (χ0) is 13.7. The largest absolute Gasteiger partial charge is 0.393 e. The van der Waals surface area contributed by atoms with Crippen molar-refractivity contribution in [3.05, 3.63) is 0 Å². The highest BCUT2D eigenvalue weighted by molar-refractivity contribution is 5.02. The van der Waals surface area contributed by atoms with Gasteiger partial charge in [0.2, 0.25) is 0 Å². The third-order valence-corrected chi connectivity index (χ3v) is 7.41. The fourth-order valence-corrected chi connectivity index (χ4v) is 6.82. The number of hydrogen-bond donors (Lipinski definition) is 1. The lowest BCUT2D eigenvalue weighted by Gasteiger charge is -2.57. The van der Waals surface area contributed by atoms with Gasteiger partial charge in [0, 0.05) is 0 Å². The summed E-state index contributed by atoms with van der Waals surface area (Å²) in [5, 5.41) is 10.8. The minimum absolute atomic E-state index is 0.0127. The predicted molar refractivity (Wildman–Crippen MR) is 82.4 cm³/mol. The third-order valence-electron chi connectivity index (χ3n) is 7.41. The Bertz CT molecular complexity index is 317. The first-order valence-electron chi connectivity index (χ1n) is 9.30. The van der Waals surface area contributed by atoms with Crippen molar-refractivity contribution in [3.8, 4) is 0 Å². The van der Waals surface area contributed by atoms with Gasteiger partial charge in [-0.2, -0.15) is 0 Å². The van der Waals surface area contributed by atoms with Crippen molar-refractivity contribution in [1.82, 2.24) is 0 Å². The minimum atomic E-state index is 0.0127. The van der Waals surface area contributed by atoms with Crippen LogP contribution in [-0.4, -0.2) is 11.2 Å². The van der Waals surface area contributed by atoms with Gasteiger partial charge in [-0.1, -0.05) is 19.8 Å². The van der Waals surface area contributed by atoms with Crippen molar-refractivity contribution in [2.45, 2.75) is 83.7 Å². The average Bonchev–Trinajstić information content (AvgIpc) is 2.37. The van der Waals surface area contributed by atoms with Gasteiger partial charge < -0.3 is 5.11 Å². The lowest BCUT2D eigenvalue weighted by atomic mass is 9.48. The van der Waals surface area contributed by atoms with Crippen molar-refractivity contribution in [2.75, 3.05) is 0 Å². The second-order valence-corrected chi connectivity index (χ2v) is 9.21. The molecule has 1 nitrogen and oxygen atoms in total. The van der Waals surface area contributed by atoms with E-state index in [1.54, 1.807) is 0 Å². The van der Waals surface area contributed by atoms with Crippen LogP contribution in [0, 0.1) is 35.0 Å². The Morgan fingerprint density at radius 2 is 1.40 bits per heavy atom. The summed E-state index contributed by atoms with van der Waals surface area (Å²) in [4.78, 5) is 0. The van der Waals surface area contributed by atoms with Crippen LogP contribution in [0.4, 0.5) is 0 Å². The Balaban J connectivity index is 1.41. The van der Waals surface area contributed by atoms with Gasteiger partial charge in [0.25, 0.3) is 0 Å². The Labute approximate surface area is 124 Å². The fraction of sp³-hybridized carbons (Fsp3) is 1.00. The number of hydrogen-bond acceptors (Lipinski definition) is 1.